The third kappa shape index (κ3) is 10.8. The molecule has 0 saturated carbocycles. The zero-order valence-corrected chi connectivity index (χ0v) is 14.4. The third-order valence-electron chi connectivity index (χ3n) is 2.42. The van der Waals surface area contributed by atoms with Gasteiger partial charge in [-0.1, -0.05) is 6.07 Å². The first-order valence-corrected chi connectivity index (χ1v) is 9.45. The molecule has 14 heteroatoms. The van der Waals surface area contributed by atoms with Crippen molar-refractivity contribution < 1.29 is 49.9 Å². The Hall–Kier alpha value is -0.910. The summed E-state index contributed by atoms with van der Waals surface area (Å²) in [5.41, 5.74) is -2.17. The fraction of sp³-hybridized carbons (Fsp3) is 0.500. The van der Waals surface area contributed by atoms with Crippen LogP contribution in [0.5, 0.6) is 5.88 Å². The number of hydrogen-bond acceptors (Lipinski definition) is 5. The Morgan fingerprint density at radius 3 is 2.08 bits per heavy atom. The lowest BCUT2D eigenvalue weighted by molar-refractivity contribution is 0.293. The molecule has 0 atom stereocenters. The van der Waals surface area contributed by atoms with Gasteiger partial charge in [-0.15, -0.1) is 0 Å². The van der Waals surface area contributed by atoms with E-state index in [1.165, 1.54) is 0 Å². The average molecular weight is 394 g/mol. The molecule has 0 amide bonds. The number of aromatic nitrogens is 1. The second kappa shape index (κ2) is 12.5. The summed E-state index contributed by atoms with van der Waals surface area (Å²) >= 11 is 0. The highest BCUT2D eigenvalue weighted by Gasteiger charge is 2.42. The van der Waals surface area contributed by atoms with Crippen LogP contribution in [0, 0.1) is 0 Å². The maximum absolute atomic E-state index is 11.0. The van der Waals surface area contributed by atoms with E-state index < -0.39 is 20.7 Å². The van der Waals surface area contributed by atoms with Crippen LogP contribution >= 0.6 is 15.2 Å². The van der Waals surface area contributed by atoms with E-state index in [9.17, 15) is 9.13 Å². The van der Waals surface area contributed by atoms with Crippen molar-refractivity contribution in [2.45, 2.75) is 18.4 Å². The summed E-state index contributed by atoms with van der Waals surface area (Å²) in [6.07, 6.45) is 2.56. The van der Waals surface area contributed by atoms with E-state index >= 15 is 0 Å². The molecule has 0 unspecified atom stereocenters. The Morgan fingerprint density at radius 2 is 1.62 bits per heavy atom. The molecular formula is C10H24N2O10P2. The Bertz CT molecular complexity index is 498. The Labute approximate surface area is 138 Å². The first-order valence-electron chi connectivity index (χ1n) is 6.09. The van der Waals surface area contributed by atoms with Crippen LogP contribution in [0.1, 0.15) is 12.8 Å². The van der Waals surface area contributed by atoms with Crippen LogP contribution < -0.4 is 10.1 Å². The summed E-state index contributed by atoms with van der Waals surface area (Å²) in [6.45, 7) is 0.391. The summed E-state index contributed by atoms with van der Waals surface area (Å²) in [4.78, 5) is 39.5. The molecule has 0 radical (unpaired) electrons. The van der Waals surface area contributed by atoms with Gasteiger partial charge >= 0.3 is 15.2 Å². The largest absolute Gasteiger partial charge is 0.478 e. The Kier molecular flexibility index (Phi) is 14.5. The van der Waals surface area contributed by atoms with Crippen LogP contribution in [-0.2, 0) is 9.13 Å². The molecule has 0 aliphatic rings. The van der Waals surface area contributed by atoms with E-state index in [2.05, 4.69) is 10.3 Å². The van der Waals surface area contributed by atoms with Crippen LogP contribution in [0.15, 0.2) is 24.4 Å². The molecule has 0 fully saturated rings. The van der Waals surface area contributed by atoms with Crippen LogP contribution in [0.25, 0.3) is 0 Å². The van der Waals surface area contributed by atoms with Crippen molar-refractivity contribution in [3.63, 3.8) is 0 Å². The van der Waals surface area contributed by atoms with Crippen molar-refractivity contribution in [1.29, 1.82) is 0 Å². The molecule has 0 aliphatic heterocycles. The molecule has 0 bridgehead atoms. The lowest BCUT2D eigenvalue weighted by Gasteiger charge is -2.20. The van der Waals surface area contributed by atoms with Gasteiger partial charge in [0.05, 0.1) is 6.61 Å². The number of ether oxygens (including phenoxy) is 1. The summed E-state index contributed by atoms with van der Waals surface area (Å²) in [5, 5.41) is 2.20. The number of nitrogens with zero attached hydrogens (tertiary/aromatic N) is 1. The average Bonchev–Trinajstić information content (AvgIpc) is 2.35. The van der Waals surface area contributed by atoms with E-state index in [0.717, 1.165) is 0 Å². The SMILES string of the molecule is O.O.O.O=P(O)(O)C(NCCCCOc1ccccn1)P(=O)(O)O. The lowest BCUT2D eigenvalue weighted by Crippen LogP contribution is -2.30. The van der Waals surface area contributed by atoms with E-state index in [1.807, 2.05) is 0 Å². The molecule has 1 aromatic heterocycles. The first kappa shape index (κ1) is 27.9. The quantitative estimate of drug-likeness (QED) is 0.229. The van der Waals surface area contributed by atoms with E-state index in [-0.39, 0.29) is 23.0 Å². The normalized spacial score (nSPS) is 11.0. The molecule has 12 nitrogen and oxygen atoms in total. The highest BCUT2D eigenvalue weighted by atomic mass is 31.2. The van der Waals surface area contributed by atoms with E-state index in [4.69, 9.17) is 24.3 Å². The smallest absolute Gasteiger partial charge is 0.354 e. The predicted octanol–water partition coefficient (Wildman–Crippen LogP) is -2.00. The summed E-state index contributed by atoms with van der Waals surface area (Å²) in [6, 6.07) is 5.21. The minimum absolute atomic E-state index is 0. The molecule has 0 saturated heterocycles. The molecule has 1 aromatic rings. The van der Waals surface area contributed by atoms with Crippen molar-refractivity contribution in [1.82, 2.24) is 10.3 Å². The topological polar surface area (TPSA) is 244 Å². The first-order chi connectivity index (χ1) is 9.71. The van der Waals surface area contributed by atoms with Crippen molar-refractivity contribution in [3.8, 4) is 5.88 Å². The Balaban J connectivity index is -0.00000147. The highest BCUT2D eigenvalue weighted by Crippen LogP contribution is 2.58. The molecule has 0 spiro atoms. The predicted molar refractivity (Wildman–Crippen MR) is 85.7 cm³/mol. The van der Waals surface area contributed by atoms with E-state index in [0.29, 0.717) is 25.3 Å². The van der Waals surface area contributed by atoms with Gasteiger partial charge in [0.15, 0.2) is 0 Å². The second-order valence-electron chi connectivity index (χ2n) is 4.23. The fourth-order valence-corrected chi connectivity index (χ4v) is 3.80. The highest BCUT2D eigenvalue weighted by molar-refractivity contribution is 7.70. The second-order valence-corrected chi connectivity index (χ2v) is 8.03. The van der Waals surface area contributed by atoms with Gasteiger partial charge in [-0.05, 0) is 25.5 Å². The van der Waals surface area contributed by atoms with Gasteiger partial charge in [0.2, 0.25) is 11.4 Å². The van der Waals surface area contributed by atoms with Gasteiger partial charge in [-0.3, -0.25) is 14.4 Å². The molecular weight excluding hydrogens is 370 g/mol. The van der Waals surface area contributed by atoms with Crippen LogP contribution in [0.3, 0.4) is 0 Å². The van der Waals surface area contributed by atoms with Crippen LogP contribution in [0.2, 0.25) is 0 Å². The monoisotopic (exact) mass is 394 g/mol. The van der Waals surface area contributed by atoms with Gasteiger partial charge in [0.25, 0.3) is 0 Å². The van der Waals surface area contributed by atoms with E-state index in [1.54, 1.807) is 24.4 Å². The van der Waals surface area contributed by atoms with Gasteiger partial charge in [-0.2, -0.15) is 0 Å². The maximum atomic E-state index is 11.0. The molecule has 24 heavy (non-hydrogen) atoms. The zero-order valence-electron chi connectivity index (χ0n) is 12.6. The molecule has 11 N–H and O–H groups in total. The van der Waals surface area contributed by atoms with Gasteiger partial charge < -0.3 is 40.7 Å². The number of unbranched alkanes of at least 4 members (excludes halogenated alkanes) is 1. The van der Waals surface area contributed by atoms with Crippen molar-refractivity contribution in [2.24, 2.45) is 0 Å². The minimum Gasteiger partial charge on any atom is -0.478 e. The van der Waals surface area contributed by atoms with Gasteiger partial charge in [0.1, 0.15) is 0 Å². The van der Waals surface area contributed by atoms with Gasteiger partial charge in [0, 0.05) is 12.3 Å². The fourth-order valence-electron chi connectivity index (χ4n) is 1.50. The number of hydrogen-bond donors (Lipinski definition) is 5. The minimum atomic E-state index is -4.92. The Morgan fingerprint density at radius 1 is 1.04 bits per heavy atom. The van der Waals surface area contributed by atoms with Crippen molar-refractivity contribution in [3.05, 3.63) is 24.4 Å². The molecule has 144 valence electrons. The molecule has 1 heterocycles. The molecule has 1 rings (SSSR count). The number of rotatable bonds is 9. The van der Waals surface area contributed by atoms with Gasteiger partial charge in [-0.25, -0.2) is 4.98 Å². The third-order valence-corrected chi connectivity index (χ3v) is 5.87. The molecule has 0 aromatic carbocycles. The standard InChI is InChI=1S/C10H18N2O7P2.3H2O/c13-20(14,15)10(21(16,17)18)12-7-3-4-8-19-9-5-1-2-6-11-9;;;/h1-2,5-6,10,12H,3-4,7-8H2,(H2,13,14,15)(H2,16,17,18);3*1H2. The van der Waals surface area contributed by atoms with Crippen LogP contribution in [-0.4, -0.2) is 59.7 Å². The number of nitrogens with one attached hydrogen (secondary N) is 1. The maximum Gasteiger partial charge on any atom is 0.354 e. The summed E-state index contributed by atoms with van der Waals surface area (Å²) < 4.78 is 27.3. The van der Waals surface area contributed by atoms with Crippen molar-refractivity contribution >= 4 is 15.2 Å². The zero-order chi connectivity index (χ0) is 15.9. The summed E-state index contributed by atoms with van der Waals surface area (Å²) in [5.74, 6) is 0.466. The molecule has 0 aliphatic carbocycles. The lowest BCUT2D eigenvalue weighted by atomic mass is 10.3. The van der Waals surface area contributed by atoms with Crippen LogP contribution in [0.4, 0.5) is 0 Å². The number of pyridine rings is 1. The van der Waals surface area contributed by atoms with Crippen molar-refractivity contribution in [2.75, 3.05) is 13.2 Å². The summed E-state index contributed by atoms with van der Waals surface area (Å²) in [7, 11) is -9.83.